The van der Waals surface area contributed by atoms with Crippen molar-refractivity contribution in [2.45, 2.75) is 32.6 Å². The highest BCUT2D eigenvalue weighted by molar-refractivity contribution is 5.93. The van der Waals surface area contributed by atoms with Crippen LogP contribution < -0.4 is 9.47 Å². The smallest absolute Gasteiger partial charge is 0.331 e. The number of carbonyl (C=O) groups is 1. The van der Waals surface area contributed by atoms with E-state index in [-0.39, 0.29) is 0 Å². The van der Waals surface area contributed by atoms with Gasteiger partial charge in [-0.25, -0.2) is 4.79 Å². The number of aliphatic carboxylic acids is 1. The van der Waals surface area contributed by atoms with Crippen LogP contribution in [0.25, 0.3) is 17.2 Å². The Morgan fingerprint density at radius 3 is 2.62 bits per heavy atom. The Morgan fingerprint density at radius 1 is 1.07 bits per heavy atom. The summed E-state index contributed by atoms with van der Waals surface area (Å²) < 4.78 is 17.0. The van der Waals surface area contributed by atoms with Crippen LogP contribution in [-0.4, -0.2) is 37.5 Å². The molecule has 2 aromatic rings. The molecule has 1 heterocycles. The summed E-state index contributed by atoms with van der Waals surface area (Å²) >= 11 is 0. The Balaban J connectivity index is 1.68. The third-order valence-electron chi connectivity index (χ3n) is 4.79. The van der Waals surface area contributed by atoms with E-state index in [2.05, 4.69) is 6.92 Å². The summed E-state index contributed by atoms with van der Waals surface area (Å²) in [4.78, 5) is 11.4. The zero-order valence-corrected chi connectivity index (χ0v) is 16.9. The van der Waals surface area contributed by atoms with Gasteiger partial charge in [0, 0.05) is 17.7 Å². The molecule has 1 aliphatic rings. The molecule has 0 saturated heterocycles. The van der Waals surface area contributed by atoms with Gasteiger partial charge in [-0.1, -0.05) is 31.5 Å². The van der Waals surface area contributed by atoms with E-state index in [1.54, 1.807) is 6.08 Å². The fourth-order valence-electron chi connectivity index (χ4n) is 3.16. The molecule has 2 aromatic carbocycles. The summed E-state index contributed by atoms with van der Waals surface area (Å²) in [6.07, 6.45) is 5.13. The minimum absolute atomic E-state index is 0.414. The van der Waals surface area contributed by atoms with Gasteiger partial charge in [0.15, 0.2) is 0 Å². The SMILES string of the molecule is CCCCOCCOc1ccc(-c2ccc3c(c2)C=C(C(=O)O)CCCO3)cc1. The molecule has 5 nitrogen and oxygen atoms in total. The number of ether oxygens (including phenoxy) is 3. The molecule has 0 radical (unpaired) electrons. The molecule has 5 heteroatoms. The van der Waals surface area contributed by atoms with Crippen LogP contribution >= 0.6 is 0 Å². The third-order valence-corrected chi connectivity index (χ3v) is 4.79. The summed E-state index contributed by atoms with van der Waals surface area (Å²) in [6, 6.07) is 13.7. The average molecular weight is 396 g/mol. The van der Waals surface area contributed by atoms with Gasteiger partial charge in [-0.3, -0.25) is 0 Å². The summed E-state index contributed by atoms with van der Waals surface area (Å²) in [7, 11) is 0. The first-order valence-electron chi connectivity index (χ1n) is 10.2. The zero-order chi connectivity index (χ0) is 20.5. The van der Waals surface area contributed by atoms with Crippen LogP contribution in [0.3, 0.4) is 0 Å². The van der Waals surface area contributed by atoms with Crippen LogP contribution in [0, 0.1) is 0 Å². The van der Waals surface area contributed by atoms with Crippen LogP contribution in [0.2, 0.25) is 0 Å². The standard InChI is InChI=1S/C24H28O5/c1-2-3-12-27-14-15-28-22-9-6-18(7-10-22)19-8-11-23-21(16-19)17-20(24(25)26)5-4-13-29-23/h6-11,16-17H,2-5,12-15H2,1H3,(H,25,26). The van der Waals surface area contributed by atoms with E-state index in [1.807, 2.05) is 42.5 Å². The van der Waals surface area contributed by atoms with Crippen LogP contribution in [-0.2, 0) is 9.53 Å². The quantitative estimate of drug-likeness (QED) is 0.591. The Bertz CT molecular complexity index is 839. The van der Waals surface area contributed by atoms with Gasteiger partial charge in [0.2, 0.25) is 0 Å². The van der Waals surface area contributed by atoms with Crippen LogP contribution in [0.5, 0.6) is 11.5 Å². The summed E-state index contributed by atoms with van der Waals surface area (Å²) in [5.74, 6) is 0.647. The molecule has 0 unspecified atom stereocenters. The maximum Gasteiger partial charge on any atom is 0.331 e. The topological polar surface area (TPSA) is 65.0 Å². The van der Waals surface area contributed by atoms with Crippen molar-refractivity contribution >= 4 is 12.0 Å². The molecule has 0 spiro atoms. The monoisotopic (exact) mass is 396 g/mol. The number of rotatable bonds is 9. The van der Waals surface area contributed by atoms with Gasteiger partial charge in [-0.15, -0.1) is 0 Å². The lowest BCUT2D eigenvalue weighted by atomic mass is 9.99. The second-order valence-corrected chi connectivity index (χ2v) is 7.02. The number of hydrogen-bond acceptors (Lipinski definition) is 4. The van der Waals surface area contributed by atoms with Gasteiger partial charge in [0.25, 0.3) is 0 Å². The fraction of sp³-hybridized carbons (Fsp3) is 0.375. The highest BCUT2D eigenvalue weighted by Crippen LogP contribution is 2.31. The maximum absolute atomic E-state index is 11.4. The minimum atomic E-state index is -0.872. The number of fused-ring (bicyclic) bond motifs is 1. The molecule has 0 aliphatic carbocycles. The van der Waals surface area contributed by atoms with Crippen LogP contribution in [0.1, 0.15) is 38.2 Å². The minimum Gasteiger partial charge on any atom is -0.493 e. The van der Waals surface area contributed by atoms with E-state index in [4.69, 9.17) is 14.2 Å². The molecule has 29 heavy (non-hydrogen) atoms. The Labute approximate surface area is 171 Å². The van der Waals surface area contributed by atoms with Crippen molar-refractivity contribution in [3.05, 3.63) is 53.6 Å². The van der Waals surface area contributed by atoms with Crippen molar-refractivity contribution in [2.24, 2.45) is 0 Å². The maximum atomic E-state index is 11.4. The first-order chi connectivity index (χ1) is 14.2. The normalized spacial score (nSPS) is 13.5. The third kappa shape index (κ3) is 6.09. The number of unbranched alkanes of at least 4 members (excludes halogenated alkanes) is 1. The van der Waals surface area contributed by atoms with Gasteiger partial charge in [-0.05, 0) is 60.7 Å². The van der Waals surface area contributed by atoms with Crippen molar-refractivity contribution in [3.63, 3.8) is 0 Å². The van der Waals surface area contributed by atoms with E-state index in [1.165, 1.54) is 0 Å². The van der Waals surface area contributed by atoms with E-state index in [0.717, 1.165) is 47.6 Å². The number of carboxylic acids is 1. The predicted molar refractivity (Wildman–Crippen MR) is 113 cm³/mol. The molecule has 0 saturated carbocycles. The number of benzene rings is 2. The van der Waals surface area contributed by atoms with Crippen molar-refractivity contribution in [2.75, 3.05) is 26.4 Å². The average Bonchev–Trinajstić information content (AvgIpc) is 2.71. The molecule has 0 amide bonds. The number of hydrogen-bond donors (Lipinski definition) is 1. The molecule has 0 atom stereocenters. The second kappa shape index (κ2) is 10.7. The van der Waals surface area contributed by atoms with E-state index in [9.17, 15) is 9.90 Å². The van der Waals surface area contributed by atoms with Crippen LogP contribution in [0.4, 0.5) is 0 Å². The molecular formula is C24H28O5. The molecule has 0 bridgehead atoms. The highest BCUT2D eigenvalue weighted by atomic mass is 16.5. The lowest BCUT2D eigenvalue weighted by Crippen LogP contribution is -2.07. The van der Waals surface area contributed by atoms with Gasteiger partial charge in [0.1, 0.15) is 18.1 Å². The van der Waals surface area contributed by atoms with Gasteiger partial charge >= 0.3 is 5.97 Å². The number of carboxylic acid groups (broad SMARTS) is 1. The summed E-state index contributed by atoms with van der Waals surface area (Å²) in [6.45, 7) is 4.55. The molecule has 0 aromatic heterocycles. The van der Waals surface area contributed by atoms with Crippen molar-refractivity contribution in [1.82, 2.24) is 0 Å². The van der Waals surface area contributed by atoms with Gasteiger partial charge in [0.05, 0.1) is 13.2 Å². The summed E-state index contributed by atoms with van der Waals surface area (Å²) in [5.41, 5.74) is 3.25. The largest absolute Gasteiger partial charge is 0.493 e. The van der Waals surface area contributed by atoms with Gasteiger partial charge in [-0.2, -0.15) is 0 Å². The van der Waals surface area contributed by atoms with E-state index in [0.29, 0.717) is 38.2 Å². The highest BCUT2D eigenvalue weighted by Gasteiger charge is 2.14. The summed E-state index contributed by atoms with van der Waals surface area (Å²) in [5, 5.41) is 9.40. The first kappa shape index (κ1) is 20.9. The van der Waals surface area contributed by atoms with Crippen LogP contribution in [0.15, 0.2) is 48.0 Å². The second-order valence-electron chi connectivity index (χ2n) is 7.02. The van der Waals surface area contributed by atoms with Gasteiger partial charge < -0.3 is 19.3 Å². The first-order valence-corrected chi connectivity index (χ1v) is 10.2. The fourth-order valence-corrected chi connectivity index (χ4v) is 3.16. The lowest BCUT2D eigenvalue weighted by Gasteiger charge is -2.15. The molecule has 3 rings (SSSR count). The zero-order valence-electron chi connectivity index (χ0n) is 16.9. The van der Waals surface area contributed by atoms with Crippen molar-refractivity contribution < 1.29 is 24.1 Å². The molecule has 0 fully saturated rings. The molecular weight excluding hydrogens is 368 g/mol. The molecule has 1 aliphatic heterocycles. The predicted octanol–water partition coefficient (Wildman–Crippen LogP) is 5.19. The van der Waals surface area contributed by atoms with Crippen molar-refractivity contribution in [1.29, 1.82) is 0 Å². The molecule has 1 N–H and O–H groups in total. The Hall–Kier alpha value is -2.79. The lowest BCUT2D eigenvalue weighted by molar-refractivity contribution is -0.132. The van der Waals surface area contributed by atoms with E-state index < -0.39 is 5.97 Å². The Morgan fingerprint density at radius 2 is 1.86 bits per heavy atom. The molecule has 154 valence electrons. The Kier molecular flexibility index (Phi) is 7.70. The van der Waals surface area contributed by atoms with Crippen molar-refractivity contribution in [3.8, 4) is 22.6 Å². The van der Waals surface area contributed by atoms with E-state index >= 15 is 0 Å².